The molecule has 1 atom stereocenters. The van der Waals surface area contributed by atoms with Crippen LogP contribution in [0.2, 0.25) is 5.02 Å². The third-order valence-corrected chi connectivity index (χ3v) is 4.75. The second-order valence-corrected chi connectivity index (χ2v) is 7.06. The van der Waals surface area contributed by atoms with Crippen molar-refractivity contribution in [2.24, 2.45) is 5.10 Å². The van der Waals surface area contributed by atoms with Crippen molar-refractivity contribution < 1.29 is 4.79 Å². The van der Waals surface area contributed by atoms with Gasteiger partial charge in [0.15, 0.2) is 0 Å². The SMILES string of the molecule is CNC(=O)N1N=C(c2ccc(Cl)cc2)c2cc(Br)ccc2C[C@H]1C. The molecule has 6 heteroatoms. The van der Waals surface area contributed by atoms with Crippen LogP contribution in [0.4, 0.5) is 4.79 Å². The number of rotatable bonds is 1. The van der Waals surface area contributed by atoms with E-state index in [0.717, 1.165) is 33.3 Å². The minimum absolute atomic E-state index is 0.0466. The fourth-order valence-electron chi connectivity index (χ4n) is 2.79. The molecule has 0 saturated carbocycles. The molecule has 3 rings (SSSR count). The lowest BCUT2D eigenvalue weighted by Gasteiger charge is -2.22. The minimum Gasteiger partial charge on any atom is -0.340 e. The monoisotopic (exact) mass is 405 g/mol. The Kier molecular flexibility index (Phi) is 4.92. The lowest BCUT2D eigenvalue weighted by atomic mass is 9.95. The number of hydrogen-bond acceptors (Lipinski definition) is 2. The van der Waals surface area contributed by atoms with E-state index in [9.17, 15) is 4.79 Å². The normalized spacial score (nSPS) is 16.9. The molecular weight excluding hydrogens is 390 g/mol. The van der Waals surface area contributed by atoms with Crippen LogP contribution >= 0.6 is 27.5 Å². The summed E-state index contributed by atoms with van der Waals surface area (Å²) in [6.07, 6.45) is 0.733. The van der Waals surface area contributed by atoms with Crippen LogP contribution in [0.1, 0.15) is 23.6 Å². The van der Waals surface area contributed by atoms with E-state index >= 15 is 0 Å². The quantitative estimate of drug-likeness (QED) is 0.747. The number of carbonyl (C=O) groups is 1. The van der Waals surface area contributed by atoms with Crippen molar-refractivity contribution in [1.82, 2.24) is 10.3 Å². The fourth-order valence-corrected chi connectivity index (χ4v) is 3.28. The molecule has 0 bridgehead atoms. The Hall–Kier alpha value is -1.85. The summed E-state index contributed by atoms with van der Waals surface area (Å²) in [6.45, 7) is 2.00. The maximum absolute atomic E-state index is 12.3. The van der Waals surface area contributed by atoms with E-state index in [0.29, 0.717) is 5.02 Å². The van der Waals surface area contributed by atoms with Gasteiger partial charge in [0.05, 0.1) is 11.8 Å². The van der Waals surface area contributed by atoms with Gasteiger partial charge in [-0.1, -0.05) is 45.7 Å². The van der Waals surface area contributed by atoms with Crippen LogP contribution in [-0.2, 0) is 6.42 Å². The zero-order chi connectivity index (χ0) is 17.3. The molecule has 0 saturated heterocycles. The summed E-state index contributed by atoms with van der Waals surface area (Å²) in [4.78, 5) is 12.3. The van der Waals surface area contributed by atoms with Gasteiger partial charge in [0.2, 0.25) is 0 Å². The van der Waals surface area contributed by atoms with Crippen molar-refractivity contribution in [3.8, 4) is 0 Å². The second-order valence-electron chi connectivity index (χ2n) is 5.71. The molecule has 2 aromatic rings. The van der Waals surface area contributed by atoms with E-state index in [1.807, 2.05) is 43.3 Å². The van der Waals surface area contributed by atoms with Gasteiger partial charge in [-0.2, -0.15) is 5.10 Å². The van der Waals surface area contributed by atoms with Gasteiger partial charge in [0.1, 0.15) is 0 Å². The number of nitrogens with one attached hydrogen (secondary N) is 1. The summed E-state index contributed by atoms with van der Waals surface area (Å²) < 4.78 is 0.976. The number of hydrazone groups is 1. The zero-order valence-corrected chi connectivity index (χ0v) is 15.7. The number of carbonyl (C=O) groups excluding carboxylic acids is 1. The molecule has 1 aliphatic rings. The van der Waals surface area contributed by atoms with E-state index < -0.39 is 0 Å². The van der Waals surface area contributed by atoms with Gasteiger partial charge in [0.25, 0.3) is 0 Å². The molecule has 0 unspecified atom stereocenters. The summed E-state index contributed by atoms with van der Waals surface area (Å²) in [5.74, 6) is 0. The molecule has 2 aromatic carbocycles. The van der Waals surface area contributed by atoms with Crippen molar-refractivity contribution >= 4 is 39.3 Å². The number of amides is 2. The molecule has 1 heterocycles. The van der Waals surface area contributed by atoms with Gasteiger partial charge in [-0.15, -0.1) is 0 Å². The minimum atomic E-state index is -0.221. The van der Waals surface area contributed by atoms with E-state index in [1.165, 1.54) is 5.01 Å². The first-order chi connectivity index (χ1) is 11.5. The molecule has 1 aliphatic heterocycles. The second kappa shape index (κ2) is 6.95. The number of hydrogen-bond donors (Lipinski definition) is 1. The maximum Gasteiger partial charge on any atom is 0.337 e. The molecule has 0 aliphatic carbocycles. The molecule has 24 heavy (non-hydrogen) atoms. The fraction of sp³-hybridized carbons (Fsp3) is 0.222. The average molecular weight is 407 g/mol. The van der Waals surface area contributed by atoms with Crippen LogP contribution in [0, 0.1) is 0 Å². The Morgan fingerprint density at radius 2 is 2.00 bits per heavy atom. The van der Waals surface area contributed by atoms with Crippen LogP contribution in [0.15, 0.2) is 52.0 Å². The summed E-state index contributed by atoms with van der Waals surface area (Å²) in [5.41, 5.74) is 3.86. The number of nitrogens with zero attached hydrogens (tertiary/aromatic N) is 2. The molecule has 4 nitrogen and oxygen atoms in total. The van der Waals surface area contributed by atoms with E-state index in [2.05, 4.69) is 32.4 Å². The highest BCUT2D eigenvalue weighted by molar-refractivity contribution is 9.10. The van der Waals surface area contributed by atoms with Crippen molar-refractivity contribution in [1.29, 1.82) is 0 Å². The van der Waals surface area contributed by atoms with Gasteiger partial charge < -0.3 is 5.32 Å². The summed E-state index contributed by atoms with van der Waals surface area (Å²) >= 11 is 9.54. The topological polar surface area (TPSA) is 44.7 Å². The number of benzene rings is 2. The Labute approximate surface area is 154 Å². The molecule has 2 amide bonds. The van der Waals surface area contributed by atoms with E-state index in [4.69, 9.17) is 11.6 Å². The van der Waals surface area contributed by atoms with Gasteiger partial charge in [0, 0.05) is 27.7 Å². The van der Waals surface area contributed by atoms with Gasteiger partial charge in [-0.25, -0.2) is 9.80 Å². The lowest BCUT2D eigenvalue weighted by molar-refractivity contribution is 0.184. The predicted octanol–water partition coefficient (Wildman–Crippen LogP) is 4.44. The molecule has 1 N–H and O–H groups in total. The smallest absolute Gasteiger partial charge is 0.337 e. The Balaban J connectivity index is 2.20. The van der Waals surface area contributed by atoms with E-state index in [1.54, 1.807) is 7.05 Å². The average Bonchev–Trinajstić information content (AvgIpc) is 2.71. The Bertz CT molecular complexity index is 804. The van der Waals surface area contributed by atoms with Crippen molar-refractivity contribution in [3.05, 3.63) is 68.7 Å². The van der Waals surface area contributed by atoms with Crippen LogP contribution in [-0.4, -0.2) is 29.8 Å². The first kappa shape index (κ1) is 17.0. The summed E-state index contributed by atoms with van der Waals surface area (Å²) in [6, 6.07) is 13.4. The third-order valence-electron chi connectivity index (χ3n) is 4.01. The lowest BCUT2D eigenvalue weighted by Crippen LogP contribution is -2.41. The van der Waals surface area contributed by atoms with Crippen molar-refractivity contribution in [3.63, 3.8) is 0 Å². The summed E-state index contributed by atoms with van der Waals surface area (Å²) in [7, 11) is 1.61. The van der Waals surface area contributed by atoms with Gasteiger partial charge in [-0.3, -0.25) is 0 Å². The Morgan fingerprint density at radius 1 is 1.29 bits per heavy atom. The van der Waals surface area contributed by atoms with Crippen LogP contribution < -0.4 is 5.32 Å². The standard InChI is InChI=1S/C18H17BrClN3O/c1-11-9-13-3-6-14(19)10-16(13)17(22-23(11)18(24)21-2)12-4-7-15(20)8-5-12/h3-8,10-11H,9H2,1-2H3,(H,21,24)/t11-/m1/s1. The third kappa shape index (κ3) is 3.32. The summed E-state index contributed by atoms with van der Waals surface area (Å²) in [5, 5.41) is 9.52. The Morgan fingerprint density at radius 3 is 2.67 bits per heavy atom. The predicted molar refractivity (Wildman–Crippen MR) is 101 cm³/mol. The number of fused-ring (bicyclic) bond motifs is 1. The molecule has 0 radical (unpaired) electrons. The largest absolute Gasteiger partial charge is 0.340 e. The number of halogens is 2. The molecule has 0 fully saturated rings. The highest BCUT2D eigenvalue weighted by atomic mass is 79.9. The molecule has 0 aromatic heterocycles. The van der Waals surface area contributed by atoms with Gasteiger partial charge in [-0.05, 0) is 43.2 Å². The highest BCUT2D eigenvalue weighted by Crippen LogP contribution is 2.27. The number of urea groups is 1. The van der Waals surface area contributed by atoms with E-state index in [-0.39, 0.29) is 12.1 Å². The first-order valence-corrected chi connectivity index (χ1v) is 8.81. The van der Waals surface area contributed by atoms with Crippen molar-refractivity contribution in [2.45, 2.75) is 19.4 Å². The van der Waals surface area contributed by atoms with Crippen LogP contribution in [0.25, 0.3) is 0 Å². The molecular formula is C18H17BrClN3O. The molecule has 0 spiro atoms. The maximum atomic E-state index is 12.3. The first-order valence-electron chi connectivity index (χ1n) is 7.64. The van der Waals surface area contributed by atoms with Crippen LogP contribution in [0.3, 0.4) is 0 Å². The van der Waals surface area contributed by atoms with Gasteiger partial charge >= 0.3 is 6.03 Å². The van der Waals surface area contributed by atoms with Crippen molar-refractivity contribution in [2.75, 3.05) is 7.05 Å². The zero-order valence-electron chi connectivity index (χ0n) is 13.4. The molecule has 124 valence electrons. The highest BCUT2D eigenvalue weighted by Gasteiger charge is 2.26. The van der Waals surface area contributed by atoms with Crippen LogP contribution in [0.5, 0.6) is 0 Å².